The number of benzene rings is 2. The molecule has 0 unspecified atom stereocenters. The van der Waals surface area contributed by atoms with Crippen LogP contribution in [0.2, 0.25) is 0 Å². The molecule has 0 aliphatic carbocycles. The lowest BCUT2D eigenvalue weighted by Gasteiger charge is -2.21. The fraction of sp³-hybridized carbons (Fsp3) is 0.350. The molecule has 1 aliphatic heterocycles. The van der Waals surface area contributed by atoms with Crippen molar-refractivity contribution in [2.75, 3.05) is 26.2 Å². The molecule has 0 atom stereocenters. The first kappa shape index (κ1) is 17.3. The van der Waals surface area contributed by atoms with Crippen LogP contribution in [0.5, 0.6) is 17.2 Å². The zero-order valence-corrected chi connectivity index (χ0v) is 14.2. The minimum atomic E-state index is 0.135. The van der Waals surface area contributed by atoms with Crippen molar-refractivity contribution in [3.05, 3.63) is 54.6 Å². The molecule has 2 aromatic rings. The zero-order chi connectivity index (χ0) is 17.3. The largest absolute Gasteiger partial charge is 0.492 e. The molecule has 2 N–H and O–H groups in total. The van der Waals surface area contributed by atoms with Gasteiger partial charge in [-0.1, -0.05) is 18.2 Å². The molecule has 1 saturated heterocycles. The molecular formula is C20H24N2O3. The number of amides is 1. The molecule has 0 aromatic heterocycles. The molecule has 0 saturated carbocycles. The van der Waals surface area contributed by atoms with Crippen molar-refractivity contribution in [3.8, 4) is 17.2 Å². The fourth-order valence-electron chi connectivity index (χ4n) is 2.80. The van der Waals surface area contributed by atoms with E-state index in [1.54, 1.807) is 0 Å². The summed E-state index contributed by atoms with van der Waals surface area (Å²) in [6.07, 6.45) is 1.82. The van der Waals surface area contributed by atoms with Crippen molar-refractivity contribution in [2.24, 2.45) is 5.92 Å². The van der Waals surface area contributed by atoms with Gasteiger partial charge in [-0.05, 0) is 62.3 Å². The van der Waals surface area contributed by atoms with Crippen LogP contribution >= 0.6 is 0 Å². The zero-order valence-electron chi connectivity index (χ0n) is 14.2. The lowest BCUT2D eigenvalue weighted by atomic mass is 9.97. The van der Waals surface area contributed by atoms with Crippen LogP contribution < -0.4 is 20.1 Å². The van der Waals surface area contributed by atoms with Crippen LogP contribution in [0.15, 0.2) is 54.6 Å². The Bertz CT molecular complexity index is 652. The Labute approximate surface area is 148 Å². The normalized spacial score (nSPS) is 14.7. The Hall–Kier alpha value is -2.53. The van der Waals surface area contributed by atoms with Gasteiger partial charge in [0.05, 0.1) is 6.54 Å². The van der Waals surface area contributed by atoms with E-state index in [0.29, 0.717) is 13.2 Å². The van der Waals surface area contributed by atoms with Gasteiger partial charge in [-0.25, -0.2) is 0 Å². The van der Waals surface area contributed by atoms with E-state index in [9.17, 15) is 4.79 Å². The molecule has 5 heteroatoms. The van der Waals surface area contributed by atoms with Crippen LogP contribution in [0.1, 0.15) is 12.8 Å². The quantitative estimate of drug-likeness (QED) is 0.761. The second kappa shape index (κ2) is 9.08. The molecule has 3 rings (SSSR count). The van der Waals surface area contributed by atoms with Crippen LogP contribution in [-0.2, 0) is 4.79 Å². The Morgan fingerprint density at radius 1 is 0.960 bits per heavy atom. The summed E-state index contributed by atoms with van der Waals surface area (Å²) in [6, 6.07) is 17.1. The Kier molecular flexibility index (Phi) is 6.29. The van der Waals surface area contributed by atoms with Gasteiger partial charge in [0.1, 0.15) is 23.9 Å². The second-order valence-corrected chi connectivity index (χ2v) is 6.05. The number of hydrogen-bond acceptors (Lipinski definition) is 4. The molecule has 0 bridgehead atoms. The summed E-state index contributed by atoms with van der Waals surface area (Å²) in [5.41, 5.74) is 0. The van der Waals surface area contributed by atoms with E-state index in [-0.39, 0.29) is 11.8 Å². The highest BCUT2D eigenvalue weighted by molar-refractivity contribution is 5.78. The summed E-state index contributed by atoms with van der Waals surface area (Å²) >= 11 is 0. The molecule has 1 amide bonds. The predicted octanol–water partition coefficient (Wildman–Crippen LogP) is 2.97. The van der Waals surface area contributed by atoms with Crippen molar-refractivity contribution in [2.45, 2.75) is 12.8 Å². The Morgan fingerprint density at radius 3 is 2.32 bits per heavy atom. The van der Waals surface area contributed by atoms with Gasteiger partial charge in [-0.15, -0.1) is 0 Å². The third kappa shape index (κ3) is 5.50. The first-order chi connectivity index (χ1) is 12.3. The molecule has 1 heterocycles. The number of piperidine rings is 1. The van der Waals surface area contributed by atoms with Gasteiger partial charge >= 0.3 is 0 Å². The maximum atomic E-state index is 12.0. The lowest BCUT2D eigenvalue weighted by Crippen LogP contribution is -2.39. The lowest BCUT2D eigenvalue weighted by molar-refractivity contribution is -0.125. The van der Waals surface area contributed by atoms with Crippen molar-refractivity contribution < 1.29 is 14.3 Å². The molecule has 2 aromatic carbocycles. The van der Waals surface area contributed by atoms with E-state index in [1.165, 1.54) is 0 Å². The molecule has 25 heavy (non-hydrogen) atoms. The SMILES string of the molecule is O=C(NCCOc1ccc(Oc2ccccc2)cc1)C1CCNCC1. The van der Waals surface area contributed by atoms with E-state index in [2.05, 4.69) is 10.6 Å². The first-order valence-corrected chi connectivity index (χ1v) is 8.75. The molecule has 0 spiro atoms. The molecular weight excluding hydrogens is 316 g/mol. The number of hydrogen-bond donors (Lipinski definition) is 2. The topological polar surface area (TPSA) is 59.6 Å². The van der Waals surface area contributed by atoms with Gasteiger partial charge < -0.3 is 20.1 Å². The van der Waals surface area contributed by atoms with Gasteiger partial charge in [0.15, 0.2) is 0 Å². The maximum Gasteiger partial charge on any atom is 0.223 e. The Balaban J connectivity index is 1.37. The molecule has 0 radical (unpaired) electrons. The van der Waals surface area contributed by atoms with Crippen molar-refractivity contribution in [1.82, 2.24) is 10.6 Å². The van der Waals surface area contributed by atoms with Crippen LogP contribution in [0.25, 0.3) is 0 Å². The number of ether oxygens (including phenoxy) is 2. The van der Waals surface area contributed by atoms with Gasteiger partial charge in [-0.2, -0.15) is 0 Å². The molecule has 132 valence electrons. The van der Waals surface area contributed by atoms with Crippen LogP contribution in [-0.4, -0.2) is 32.1 Å². The van der Waals surface area contributed by atoms with Crippen LogP contribution in [0.4, 0.5) is 0 Å². The van der Waals surface area contributed by atoms with E-state index < -0.39 is 0 Å². The number of carbonyl (C=O) groups is 1. The Morgan fingerprint density at radius 2 is 1.60 bits per heavy atom. The van der Waals surface area contributed by atoms with Crippen LogP contribution in [0.3, 0.4) is 0 Å². The standard InChI is InChI=1S/C20H24N2O3/c23-20(16-10-12-21-13-11-16)22-14-15-24-17-6-8-19(9-7-17)25-18-4-2-1-3-5-18/h1-9,16,21H,10-15H2,(H,22,23). The summed E-state index contributed by atoms with van der Waals surface area (Å²) in [5.74, 6) is 2.60. The second-order valence-electron chi connectivity index (χ2n) is 6.05. The van der Waals surface area contributed by atoms with Gasteiger partial charge in [0, 0.05) is 5.92 Å². The molecule has 1 fully saturated rings. The predicted molar refractivity (Wildman–Crippen MR) is 97.1 cm³/mol. The molecule has 1 aliphatic rings. The third-order valence-corrected chi connectivity index (χ3v) is 4.18. The molecule has 5 nitrogen and oxygen atoms in total. The summed E-state index contributed by atoms with van der Waals surface area (Å²) in [7, 11) is 0. The number of rotatable bonds is 7. The minimum absolute atomic E-state index is 0.135. The summed E-state index contributed by atoms with van der Waals surface area (Å²) in [6.45, 7) is 2.82. The monoisotopic (exact) mass is 340 g/mol. The van der Waals surface area contributed by atoms with Gasteiger partial charge in [-0.3, -0.25) is 4.79 Å². The van der Waals surface area contributed by atoms with Crippen molar-refractivity contribution in [3.63, 3.8) is 0 Å². The summed E-state index contributed by atoms with van der Waals surface area (Å²) < 4.78 is 11.4. The van der Waals surface area contributed by atoms with Crippen molar-refractivity contribution in [1.29, 1.82) is 0 Å². The van der Waals surface area contributed by atoms with Gasteiger partial charge in [0.25, 0.3) is 0 Å². The van der Waals surface area contributed by atoms with Crippen molar-refractivity contribution >= 4 is 5.91 Å². The van der Waals surface area contributed by atoms with E-state index in [1.807, 2.05) is 54.6 Å². The smallest absolute Gasteiger partial charge is 0.223 e. The average Bonchev–Trinajstić information content (AvgIpc) is 2.68. The fourth-order valence-corrected chi connectivity index (χ4v) is 2.80. The van der Waals surface area contributed by atoms with E-state index in [4.69, 9.17) is 9.47 Å². The van der Waals surface area contributed by atoms with Gasteiger partial charge in [0.2, 0.25) is 5.91 Å². The highest BCUT2D eigenvalue weighted by atomic mass is 16.5. The number of carbonyl (C=O) groups excluding carboxylic acids is 1. The van der Waals surface area contributed by atoms with E-state index >= 15 is 0 Å². The van der Waals surface area contributed by atoms with Crippen LogP contribution in [0, 0.1) is 5.92 Å². The third-order valence-electron chi connectivity index (χ3n) is 4.18. The number of nitrogens with one attached hydrogen (secondary N) is 2. The average molecular weight is 340 g/mol. The minimum Gasteiger partial charge on any atom is -0.492 e. The highest BCUT2D eigenvalue weighted by Gasteiger charge is 2.20. The summed E-state index contributed by atoms with van der Waals surface area (Å²) in [5, 5.41) is 6.21. The summed E-state index contributed by atoms with van der Waals surface area (Å²) in [4.78, 5) is 12.0. The highest BCUT2D eigenvalue weighted by Crippen LogP contribution is 2.23. The number of para-hydroxylation sites is 1. The van der Waals surface area contributed by atoms with E-state index in [0.717, 1.165) is 43.2 Å². The first-order valence-electron chi connectivity index (χ1n) is 8.75. The maximum absolute atomic E-state index is 12.0.